The molecular weight excluding hydrogens is 674 g/mol. The molecule has 0 amide bonds. The van der Waals surface area contributed by atoms with Crippen molar-refractivity contribution in [1.29, 1.82) is 0 Å². The summed E-state index contributed by atoms with van der Waals surface area (Å²) in [5, 5.41) is 4.68. The third-order valence-electron chi connectivity index (χ3n) is 10.1. The molecule has 0 radical (unpaired) electrons. The number of hydrogen-bond donors (Lipinski definition) is 0. The molecular formula is C46H34BrN3. The van der Waals surface area contributed by atoms with Crippen molar-refractivity contribution in [1.82, 2.24) is 4.98 Å². The Morgan fingerprint density at radius 2 is 1.02 bits per heavy atom. The summed E-state index contributed by atoms with van der Waals surface area (Å²) in [5.74, 6) is 0. The summed E-state index contributed by atoms with van der Waals surface area (Å²) < 4.78 is 0.992. The monoisotopic (exact) mass is 707 g/mol. The largest absolute Gasteiger partial charge is 0.310 e. The van der Waals surface area contributed by atoms with Gasteiger partial charge in [0.05, 0.1) is 0 Å². The number of anilines is 6. The van der Waals surface area contributed by atoms with Crippen molar-refractivity contribution < 1.29 is 0 Å². The van der Waals surface area contributed by atoms with Crippen LogP contribution >= 0.6 is 15.9 Å². The summed E-state index contributed by atoms with van der Waals surface area (Å²) in [6, 6.07) is 57.1. The molecule has 1 aliphatic carbocycles. The average molecular weight is 709 g/mol. The van der Waals surface area contributed by atoms with E-state index in [0.717, 1.165) is 49.4 Å². The maximum absolute atomic E-state index is 4.41. The van der Waals surface area contributed by atoms with Gasteiger partial charge in [0.1, 0.15) is 0 Å². The molecule has 3 nitrogen and oxygen atoms in total. The molecule has 1 aliphatic rings. The second-order valence-electron chi connectivity index (χ2n) is 13.5. The quantitative estimate of drug-likeness (QED) is 0.171. The minimum atomic E-state index is -0.0628. The van der Waals surface area contributed by atoms with Crippen molar-refractivity contribution in [2.24, 2.45) is 0 Å². The van der Waals surface area contributed by atoms with Crippen molar-refractivity contribution in [3.63, 3.8) is 0 Å². The van der Waals surface area contributed by atoms with Crippen LogP contribution in [0.25, 0.3) is 32.7 Å². The van der Waals surface area contributed by atoms with E-state index in [4.69, 9.17) is 0 Å². The lowest BCUT2D eigenvalue weighted by Gasteiger charge is -2.30. The van der Waals surface area contributed by atoms with Crippen molar-refractivity contribution in [2.75, 3.05) is 9.80 Å². The second kappa shape index (κ2) is 12.0. The van der Waals surface area contributed by atoms with Gasteiger partial charge >= 0.3 is 0 Å². The maximum Gasteiger partial charge on any atom is 0.0493 e. The molecule has 8 aromatic rings. The summed E-state index contributed by atoms with van der Waals surface area (Å²) in [5.41, 5.74) is 11.7. The van der Waals surface area contributed by atoms with Gasteiger partial charge in [-0.15, -0.1) is 0 Å². The van der Waals surface area contributed by atoms with Crippen LogP contribution in [-0.4, -0.2) is 4.98 Å². The number of aromatic nitrogens is 1. The van der Waals surface area contributed by atoms with Crippen LogP contribution < -0.4 is 9.80 Å². The molecule has 0 fully saturated rings. The Kier molecular flexibility index (Phi) is 7.29. The van der Waals surface area contributed by atoms with Crippen LogP contribution in [-0.2, 0) is 5.41 Å². The maximum atomic E-state index is 4.41. The number of hydrogen-bond acceptors (Lipinski definition) is 3. The molecule has 9 rings (SSSR count). The number of nitrogens with zero attached hydrogens (tertiary/aromatic N) is 3. The zero-order valence-electron chi connectivity index (χ0n) is 27.9. The van der Waals surface area contributed by atoms with Gasteiger partial charge in [-0.2, -0.15) is 0 Å². The number of para-hydroxylation sites is 1. The van der Waals surface area contributed by atoms with Crippen molar-refractivity contribution in [3.8, 4) is 11.1 Å². The van der Waals surface area contributed by atoms with Gasteiger partial charge in [0.15, 0.2) is 0 Å². The van der Waals surface area contributed by atoms with Gasteiger partial charge < -0.3 is 9.80 Å². The highest BCUT2D eigenvalue weighted by atomic mass is 79.9. The molecule has 0 unspecified atom stereocenters. The first-order valence-electron chi connectivity index (χ1n) is 17.0. The van der Waals surface area contributed by atoms with Crippen LogP contribution in [0.1, 0.15) is 25.0 Å². The summed E-state index contributed by atoms with van der Waals surface area (Å²) in [4.78, 5) is 9.13. The fourth-order valence-corrected chi connectivity index (χ4v) is 8.13. The number of fused-ring (bicyclic) bond motifs is 5. The normalized spacial score (nSPS) is 12.9. The van der Waals surface area contributed by atoms with E-state index >= 15 is 0 Å². The van der Waals surface area contributed by atoms with Gasteiger partial charge in [-0.25, -0.2) is 0 Å². The number of halogens is 1. The lowest BCUT2D eigenvalue weighted by Crippen LogP contribution is -2.15. The minimum absolute atomic E-state index is 0.0628. The minimum Gasteiger partial charge on any atom is -0.310 e. The lowest BCUT2D eigenvalue weighted by atomic mass is 9.82. The predicted octanol–water partition coefficient (Wildman–Crippen LogP) is 13.4. The van der Waals surface area contributed by atoms with Gasteiger partial charge in [0.2, 0.25) is 0 Å². The van der Waals surface area contributed by atoms with E-state index in [0.29, 0.717) is 0 Å². The topological polar surface area (TPSA) is 19.4 Å². The fraction of sp³-hybridized carbons (Fsp3) is 0.0652. The van der Waals surface area contributed by atoms with E-state index in [9.17, 15) is 0 Å². The van der Waals surface area contributed by atoms with E-state index in [1.807, 2.05) is 12.4 Å². The number of benzene rings is 7. The first kappa shape index (κ1) is 30.4. The van der Waals surface area contributed by atoms with E-state index in [2.05, 4.69) is 202 Å². The fourth-order valence-electron chi connectivity index (χ4n) is 7.66. The Bertz CT molecular complexity index is 2560. The van der Waals surface area contributed by atoms with Crippen molar-refractivity contribution in [2.45, 2.75) is 19.3 Å². The summed E-state index contributed by atoms with van der Waals surface area (Å²) in [6.45, 7) is 4.67. The van der Waals surface area contributed by atoms with Gasteiger partial charge in [0, 0.05) is 61.8 Å². The Morgan fingerprint density at radius 3 is 1.80 bits per heavy atom. The van der Waals surface area contributed by atoms with Crippen LogP contribution in [0.3, 0.4) is 0 Å². The van der Waals surface area contributed by atoms with Gasteiger partial charge in [-0.3, -0.25) is 4.98 Å². The SMILES string of the molecule is CC1(C)c2ccccc2-c2cc(N(c3cc(Br)cc(N(c4ccccc4)c4ccc5ccncc5c4)c3)c3ccc4ccccc4c3)ccc21. The number of rotatable bonds is 6. The first-order valence-corrected chi connectivity index (χ1v) is 17.8. The van der Waals surface area contributed by atoms with Gasteiger partial charge in [-0.05, 0) is 111 Å². The average Bonchev–Trinajstić information content (AvgIpc) is 3.37. The zero-order chi connectivity index (χ0) is 33.8. The molecule has 0 spiro atoms. The third kappa shape index (κ3) is 5.15. The summed E-state index contributed by atoms with van der Waals surface area (Å²) in [7, 11) is 0. The number of pyridine rings is 1. The molecule has 1 aromatic heterocycles. The van der Waals surface area contributed by atoms with Crippen LogP contribution in [0.15, 0.2) is 175 Å². The molecule has 0 atom stereocenters. The van der Waals surface area contributed by atoms with Crippen molar-refractivity contribution in [3.05, 3.63) is 186 Å². The second-order valence-corrected chi connectivity index (χ2v) is 14.4. The van der Waals surface area contributed by atoms with Crippen LogP contribution in [0.4, 0.5) is 34.1 Å². The molecule has 4 heteroatoms. The third-order valence-corrected chi connectivity index (χ3v) is 10.6. The van der Waals surface area contributed by atoms with E-state index in [1.54, 1.807) is 0 Å². The highest BCUT2D eigenvalue weighted by Crippen LogP contribution is 2.51. The van der Waals surface area contributed by atoms with E-state index in [1.165, 1.54) is 33.0 Å². The zero-order valence-corrected chi connectivity index (χ0v) is 29.5. The Balaban J connectivity index is 1.26. The molecule has 50 heavy (non-hydrogen) atoms. The van der Waals surface area contributed by atoms with Crippen LogP contribution in [0.2, 0.25) is 0 Å². The molecule has 240 valence electrons. The molecule has 0 bridgehead atoms. The molecule has 0 aliphatic heterocycles. The van der Waals surface area contributed by atoms with Crippen LogP contribution in [0, 0.1) is 0 Å². The molecule has 0 saturated carbocycles. The standard InChI is InChI=1S/C46H34BrN3/c1-46(2)44-15-9-8-14-42(44)43-29-39(20-21-45(43)46)50(37-18-16-31-10-6-7-11-33(31)24-37)41-27-35(47)26-40(28-41)49(36-12-4-3-5-13-36)38-19-17-32-22-23-48-30-34(32)25-38/h3-30H,1-2H3. The Hall–Kier alpha value is -5.71. The molecule has 0 saturated heterocycles. The first-order chi connectivity index (χ1) is 24.4. The predicted molar refractivity (Wildman–Crippen MR) is 214 cm³/mol. The molecule has 7 aromatic carbocycles. The highest BCUT2D eigenvalue weighted by Gasteiger charge is 2.35. The summed E-state index contributed by atoms with van der Waals surface area (Å²) in [6.07, 6.45) is 3.78. The summed E-state index contributed by atoms with van der Waals surface area (Å²) >= 11 is 3.94. The van der Waals surface area contributed by atoms with Gasteiger partial charge in [0.25, 0.3) is 0 Å². The van der Waals surface area contributed by atoms with Crippen LogP contribution in [0.5, 0.6) is 0 Å². The highest BCUT2D eigenvalue weighted by molar-refractivity contribution is 9.10. The van der Waals surface area contributed by atoms with E-state index in [-0.39, 0.29) is 5.41 Å². The van der Waals surface area contributed by atoms with Gasteiger partial charge in [-0.1, -0.05) is 115 Å². The molecule has 0 N–H and O–H groups in total. The Morgan fingerprint density at radius 1 is 0.440 bits per heavy atom. The van der Waals surface area contributed by atoms with Crippen molar-refractivity contribution >= 4 is 71.6 Å². The smallest absolute Gasteiger partial charge is 0.0493 e. The van der Waals surface area contributed by atoms with E-state index < -0.39 is 0 Å². The lowest BCUT2D eigenvalue weighted by molar-refractivity contribution is 0.660. The molecule has 1 heterocycles. The Labute approximate surface area is 301 Å².